The summed E-state index contributed by atoms with van der Waals surface area (Å²) in [5.41, 5.74) is -0.437. The van der Waals surface area contributed by atoms with Crippen molar-refractivity contribution in [2.75, 3.05) is 27.9 Å². The molecule has 0 saturated heterocycles. The van der Waals surface area contributed by atoms with Crippen LogP contribution in [-0.4, -0.2) is 29.0 Å². The molecule has 0 radical (unpaired) electrons. The SMILES string of the molecule is CN(c1ccc(F)c(NC(=O)Nc2cc(C(F)(F)F)ccc2Cl)c1)c1ccc2nc(NC(=O)C3CC3)sc2n1. The van der Waals surface area contributed by atoms with Gasteiger partial charge >= 0.3 is 12.2 Å². The number of pyridine rings is 1. The molecule has 39 heavy (non-hydrogen) atoms. The normalized spacial score (nSPS) is 13.3. The minimum Gasteiger partial charge on any atom is -0.329 e. The number of rotatable bonds is 6. The van der Waals surface area contributed by atoms with E-state index in [1.54, 1.807) is 24.1 Å². The summed E-state index contributed by atoms with van der Waals surface area (Å²) in [4.78, 5) is 35.7. The van der Waals surface area contributed by atoms with E-state index in [-0.39, 0.29) is 28.2 Å². The fourth-order valence-electron chi connectivity index (χ4n) is 3.62. The number of anilines is 5. The zero-order chi connectivity index (χ0) is 27.9. The zero-order valence-corrected chi connectivity index (χ0v) is 21.6. The summed E-state index contributed by atoms with van der Waals surface area (Å²) in [6.07, 6.45) is -2.89. The summed E-state index contributed by atoms with van der Waals surface area (Å²) in [5, 5.41) is 7.65. The molecule has 3 amide bonds. The lowest BCUT2D eigenvalue weighted by molar-refractivity contribution is -0.137. The van der Waals surface area contributed by atoms with E-state index in [0.29, 0.717) is 33.1 Å². The van der Waals surface area contributed by atoms with E-state index in [0.717, 1.165) is 31.0 Å². The molecule has 4 aromatic rings. The number of thiazole rings is 1. The molecule has 1 aliphatic carbocycles. The standard InChI is InChI=1S/C25H19ClF4N6O2S/c1-36(20-9-8-17-22(34-20)39-24(33-17)35-21(37)12-2-3-12)14-5-7-16(27)19(11-14)32-23(38)31-18-10-13(25(28,29)30)4-6-15(18)26/h4-12H,2-3H2,1H3,(H2,31,32,38)(H,33,35,37). The number of alkyl halides is 3. The lowest BCUT2D eigenvalue weighted by atomic mass is 10.2. The highest BCUT2D eigenvalue weighted by Crippen LogP contribution is 2.35. The van der Waals surface area contributed by atoms with Crippen LogP contribution >= 0.6 is 22.9 Å². The number of nitrogens with zero attached hydrogens (tertiary/aromatic N) is 3. The molecule has 3 N–H and O–H groups in total. The number of halogens is 5. The van der Waals surface area contributed by atoms with Crippen LogP contribution in [0, 0.1) is 11.7 Å². The topological polar surface area (TPSA) is 99.3 Å². The molecule has 2 heterocycles. The van der Waals surface area contributed by atoms with Crippen LogP contribution in [0.4, 0.5) is 50.4 Å². The van der Waals surface area contributed by atoms with E-state index < -0.39 is 23.6 Å². The Bertz CT molecular complexity index is 1590. The van der Waals surface area contributed by atoms with Gasteiger partial charge in [-0.15, -0.1) is 0 Å². The second-order valence-electron chi connectivity index (χ2n) is 8.77. The molecule has 5 rings (SSSR count). The van der Waals surface area contributed by atoms with Crippen molar-refractivity contribution in [3.8, 4) is 0 Å². The first-order valence-electron chi connectivity index (χ1n) is 11.5. The van der Waals surface area contributed by atoms with Crippen molar-refractivity contribution in [3.63, 3.8) is 0 Å². The Morgan fingerprint density at radius 3 is 2.46 bits per heavy atom. The molecule has 0 spiro atoms. The van der Waals surface area contributed by atoms with Gasteiger partial charge in [-0.1, -0.05) is 22.9 Å². The highest BCUT2D eigenvalue weighted by Gasteiger charge is 2.31. The molecule has 0 atom stereocenters. The summed E-state index contributed by atoms with van der Waals surface area (Å²) in [7, 11) is 1.69. The fourth-order valence-corrected chi connectivity index (χ4v) is 4.62. The number of hydrogen-bond donors (Lipinski definition) is 3. The van der Waals surface area contributed by atoms with Gasteiger partial charge in [-0.05, 0) is 61.4 Å². The van der Waals surface area contributed by atoms with Crippen LogP contribution in [0.2, 0.25) is 5.02 Å². The average molecular weight is 579 g/mol. The van der Waals surface area contributed by atoms with Gasteiger partial charge in [0.05, 0.1) is 22.0 Å². The number of benzene rings is 2. The average Bonchev–Trinajstić information content (AvgIpc) is 3.65. The summed E-state index contributed by atoms with van der Waals surface area (Å²) in [6.45, 7) is 0. The quantitative estimate of drug-likeness (QED) is 0.209. The van der Waals surface area contributed by atoms with Crippen LogP contribution in [-0.2, 0) is 11.0 Å². The first-order chi connectivity index (χ1) is 18.5. The van der Waals surface area contributed by atoms with Crippen molar-refractivity contribution >= 4 is 73.2 Å². The van der Waals surface area contributed by atoms with Crippen molar-refractivity contribution in [2.45, 2.75) is 19.0 Å². The van der Waals surface area contributed by atoms with Crippen molar-refractivity contribution < 1.29 is 27.2 Å². The van der Waals surface area contributed by atoms with Crippen molar-refractivity contribution in [1.82, 2.24) is 9.97 Å². The zero-order valence-electron chi connectivity index (χ0n) is 20.1. The third-order valence-electron chi connectivity index (χ3n) is 5.89. The Morgan fingerprint density at radius 1 is 1.00 bits per heavy atom. The highest BCUT2D eigenvalue weighted by molar-refractivity contribution is 7.22. The van der Waals surface area contributed by atoms with Crippen molar-refractivity contribution in [1.29, 1.82) is 0 Å². The molecule has 1 aliphatic rings. The van der Waals surface area contributed by atoms with Gasteiger partial charge in [0, 0.05) is 18.7 Å². The monoisotopic (exact) mass is 578 g/mol. The van der Waals surface area contributed by atoms with Gasteiger partial charge in [-0.25, -0.2) is 19.2 Å². The van der Waals surface area contributed by atoms with Crippen LogP contribution in [0.5, 0.6) is 0 Å². The van der Waals surface area contributed by atoms with Crippen LogP contribution < -0.4 is 20.9 Å². The third-order valence-corrected chi connectivity index (χ3v) is 7.10. The number of carbonyl (C=O) groups is 2. The molecule has 8 nitrogen and oxygen atoms in total. The second-order valence-corrected chi connectivity index (χ2v) is 10.2. The first-order valence-corrected chi connectivity index (χ1v) is 12.7. The molecule has 0 aliphatic heterocycles. The van der Waals surface area contributed by atoms with Gasteiger partial charge in [0.15, 0.2) is 5.13 Å². The Morgan fingerprint density at radius 2 is 1.74 bits per heavy atom. The second kappa shape index (κ2) is 10.3. The maximum Gasteiger partial charge on any atom is 0.416 e. The summed E-state index contributed by atoms with van der Waals surface area (Å²) in [6, 6.07) is 8.90. The molecule has 1 saturated carbocycles. The summed E-state index contributed by atoms with van der Waals surface area (Å²) < 4.78 is 53.6. The number of urea groups is 1. The number of amides is 3. The Labute approximate surface area is 228 Å². The molecule has 0 unspecified atom stereocenters. The predicted molar refractivity (Wildman–Crippen MR) is 142 cm³/mol. The lowest BCUT2D eigenvalue weighted by Crippen LogP contribution is -2.21. The van der Waals surface area contributed by atoms with Crippen LogP contribution in [0.1, 0.15) is 18.4 Å². The number of hydrogen-bond acceptors (Lipinski definition) is 6. The van der Waals surface area contributed by atoms with Crippen LogP contribution in [0.25, 0.3) is 10.3 Å². The highest BCUT2D eigenvalue weighted by atomic mass is 35.5. The van der Waals surface area contributed by atoms with Gasteiger partial charge in [0.1, 0.15) is 22.0 Å². The van der Waals surface area contributed by atoms with E-state index >= 15 is 0 Å². The van der Waals surface area contributed by atoms with E-state index in [1.165, 1.54) is 23.5 Å². The van der Waals surface area contributed by atoms with E-state index in [4.69, 9.17) is 11.6 Å². The Balaban J connectivity index is 1.32. The molecular weight excluding hydrogens is 560 g/mol. The summed E-state index contributed by atoms with van der Waals surface area (Å²) >= 11 is 7.15. The predicted octanol–water partition coefficient (Wildman–Crippen LogP) is 7.26. The fraction of sp³-hybridized carbons (Fsp3) is 0.200. The third kappa shape index (κ3) is 6.04. The molecule has 2 aromatic heterocycles. The molecule has 2 aromatic carbocycles. The molecular formula is C25H19ClF4N6O2S. The minimum absolute atomic E-state index is 0.0390. The number of carbonyl (C=O) groups excluding carboxylic acids is 2. The van der Waals surface area contributed by atoms with Crippen molar-refractivity contribution in [2.24, 2.45) is 5.92 Å². The molecule has 202 valence electrons. The number of fused-ring (bicyclic) bond motifs is 1. The maximum atomic E-state index is 14.5. The van der Waals surface area contributed by atoms with Crippen LogP contribution in [0.15, 0.2) is 48.5 Å². The van der Waals surface area contributed by atoms with Gasteiger partial charge in [-0.2, -0.15) is 13.2 Å². The van der Waals surface area contributed by atoms with Gasteiger partial charge in [0.2, 0.25) is 5.91 Å². The van der Waals surface area contributed by atoms with Gasteiger partial charge in [0.25, 0.3) is 0 Å². The van der Waals surface area contributed by atoms with E-state index in [2.05, 4.69) is 25.9 Å². The summed E-state index contributed by atoms with van der Waals surface area (Å²) in [5.74, 6) is -0.294. The van der Waals surface area contributed by atoms with Crippen molar-refractivity contribution in [3.05, 3.63) is 64.9 Å². The molecule has 1 fully saturated rings. The van der Waals surface area contributed by atoms with Gasteiger partial charge < -0.3 is 20.9 Å². The smallest absolute Gasteiger partial charge is 0.329 e. The molecule has 14 heteroatoms. The van der Waals surface area contributed by atoms with Gasteiger partial charge in [-0.3, -0.25) is 4.79 Å². The molecule has 0 bridgehead atoms. The van der Waals surface area contributed by atoms with Crippen LogP contribution in [0.3, 0.4) is 0 Å². The lowest BCUT2D eigenvalue weighted by Gasteiger charge is -2.19. The van der Waals surface area contributed by atoms with E-state index in [9.17, 15) is 27.2 Å². The maximum absolute atomic E-state index is 14.5. The Hall–Kier alpha value is -3.97. The minimum atomic E-state index is -4.63. The largest absolute Gasteiger partial charge is 0.416 e. The van der Waals surface area contributed by atoms with E-state index in [1.807, 2.05) is 0 Å². The number of nitrogens with one attached hydrogen (secondary N) is 3. The first kappa shape index (κ1) is 26.6. The number of aromatic nitrogens is 2. The Kier molecular flexibility index (Phi) is 7.03.